The number of methoxy groups -OCH3 is 1. The molecule has 0 radical (unpaired) electrons. The van der Waals surface area contributed by atoms with Gasteiger partial charge in [-0.3, -0.25) is 4.99 Å². The van der Waals surface area contributed by atoms with Crippen LogP contribution in [0.25, 0.3) is 0 Å². The SMILES string of the molecule is COC(=O)C(C)(C)N=CI. The average molecular weight is 255 g/mol. The van der Waals surface area contributed by atoms with Gasteiger partial charge in [0.2, 0.25) is 0 Å². The maximum absolute atomic E-state index is 10.9. The third-order valence-electron chi connectivity index (χ3n) is 1.06. The first-order valence-electron chi connectivity index (χ1n) is 2.77. The molecule has 0 atom stereocenters. The van der Waals surface area contributed by atoms with E-state index in [0.717, 1.165) is 0 Å². The summed E-state index contributed by atoms with van der Waals surface area (Å²) in [5, 5.41) is 0. The lowest BCUT2D eigenvalue weighted by molar-refractivity contribution is -0.145. The molecule has 0 rings (SSSR count). The minimum absolute atomic E-state index is 0.319. The van der Waals surface area contributed by atoms with Crippen molar-refractivity contribution < 1.29 is 9.53 Å². The van der Waals surface area contributed by atoms with Crippen LogP contribution in [0.15, 0.2) is 4.99 Å². The van der Waals surface area contributed by atoms with E-state index in [2.05, 4.69) is 9.73 Å². The van der Waals surface area contributed by atoms with Gasteiger partial charge >= 0.3 is 5.97 Å². The van der Waals surface area contributed by atoms with E-state index in [1.165, 1.54) is 7.11 Å². The van der Waals surface area contributed by atoms with Gasteiger partial charge in [-0.2, -0.15) is 0 Å². The summed E-state index contributed by atoms with van der Waals surface area (Å²) in [7, 11) is 1.35. The Labute approximate surface area is 74.0 Å². The smallest absolute Gasteiger partial charge is 0.333 e. The quantitative estimate of drug-likeness (QED) is 0.425. The molecular weight excluding hydrogens is 245 g/mol. The molecular formula is C6H10INO2. The molecule has 0 unspecified atom stereocenters. The normalized spacial score (nSPS) is 12.0. The Morgan fingerprint density at radius 2 is 2.20 bits per heavy atom. The van der Waals surface area contributed by atoms with Crippen LogP contribution in [-0.2, 0) is 9.53 Å². The van der Waals surface area contributed by atoms with Crippen molar-refractivity contribution in [3.8, 4) is 0 Å². The largest absolute Gasteiger partial charge is 0.467 e. The zero-order chi connectivity index (χ0) is 8.20. The highest BCUT2D eigenvalue weighted by Gasteiger charge is 2.26. The van der Waals surface area contributed by atoms with Crippen LogP contribution in [0.3, 0.4) is 0 Å². The predicted molar refractivity (Wildman–Crippen MR) is 48.6 cm³/mol. The first-order valence-corrected chi connectivity index (χ1v) is 4.01. The number of carbonyl (C=O) groups excluding carboxylic acids is 1. The Balaban J connectivity index is 4.24. The van der Waals surface area contributed by atoms with Gasteiger partial charge in [0.05, 0.1) is 11.3 Å². The van der Waals surface area contributed by atoms with Crippen LogP contribution in [0.1, 0.15) is 13.8 Å². The Kier molecular flexibility index (Phi) is 3.85. The van der Waals surface area contributed by atoms with Gasteiger partial charge in [0, 0.05) is 0 Å². The van der Waals surface area contributed by atoms with Gasteiger partial charge in [-0.25, -0.2) is 4.79 Å². The Morgan fingerprint density at radius 3 is 2.50 bits per heavy atom. The molecule has 0 saturated carbocycles. The summed E-state index contributed by atoms with van der Waals surface area (Å²) in [5.41, 5.74) is -0.740. The zero-order valence-electron chi connectivity index (χ0n) is 6.22. The Bertz CT molecular complexity index is 154. The summed E-state index contributed by atoms with van der Waals surface area (Å²) in [5.74, 6) is -0.319. The van der Waals surface area contributed by atoms with Crippen LogP contribution in [0.4, 0.5) is 0 Å². The van der Waals surface area contributed by atoms with Crippen LogP contribution in [0.5, 0.6) is 0 Å². The molecule has 0 aliphatic rings. The van der Waals surface area contributed by atoms with Crippen LogP contribution in [-0.4, -0.2) is 22.8 Å². The predicted octanol–water partition coefficient (Wildman–Crippen LogP) is 1.40. The molecule has 0 aliphatic heterocycles. The molecule has 0 N–H and O–H groups in total. The summed E-state index contributed by atoms with van der Waals surface area (Å²) >= 11 is 1.96. The monoisotopic (exact) mass is 255 g/mol. The number of hydrogen-bond acceptors (Lipinski definition) is 3. The highest BCUT2D eigenvalue weighted by atomic mass is 127. The number of ether oxygens (including phenoxy) is 1. The van der Waals surface area contributed by atoms with Crippen molar-refractivity contribution in [3.63, 3.8) is 0 Å². The van der Waals surface area contributed by atoms with E-state index in [1.807, 2.05) is 22.6 Å². The van der Waals surface area contributed by atoms with Crippen molar-refractivity contribution in [1.82, 2.24) is 0 Å². The van der Waals surface area contributed by atoms with Gasteiger partial charge in [0.15, 0.2) is 5.54 Å². The van der Waals surface area contributed by atoms with E-state index in [9.17, 15) is 4.79 Å². The number of hydrogen-bond donors (Lipinski definition) is 0. The molecule has 0 aromatic heterocycles. The van der Waals surface area contributed by atoms with Gasteiger partial charge in [0.25, 0.3) is 0 Å². The fourth-order valence-corrected chi connectivity index (χ4v) is 1.12. The molecule has 0 aliphatic carbocycles. The average Bonchev–Trinajstić information content (AvgIpc) is 1.86. The zero-order valence-corrected chi connectivity index (χ0v) is 8.38. The van der Waals surface area contributed by atoms with Gasteiger partial charge in [-0.1, -0.05) is 0 Å². The van der Waals surface area contributed by atoms with E-state index in [0.29, 0.717) is 0 Å². The van der Waals surface area contributed by atoms with E-state index in [4.69, 9.17) is 0 Å². The molecule has 58 valence electrons. The standard InChI is InChI=1S/C6H10INO2/c1-6(2,8-4-7)5(9)10-3/h4H,1-3H3. The van der Waals surface area contributed by atoms with Gasteiger partial charge in [-0.05, 0) is 36.4 Å². The Morgan fingerprint density at radius 1 is 1.70 bits per heavy atom. The minimum Gasteiger partial charge on any atom is -0.467 e. The molecule has 3 nitrogen and oxygen atoms in total. The fraction of sp³-hybridized carbons (Fsp3) is 0.667. The van der Waals surface area contributed by atoms with Crippen molar-refractivity contribution in [2.24, 2.45) is 4.99 Å². The van der Waals surface area contributed by atoms with Crippen molar-refractivity contribution in [2.45, 2.75) is 19.4 Å². The molecule has 0 amide bonds. The fourth-order valence-electron chi connectivity index (χ4n) is 0.424. The second kappa shape index (κ2) is 3.90. The minimum atomic E-state index is -0.740. The summed E-state index contributed by atoms with van der Waals surface area (Å²) < 4.78 is 6.08. The molecule has 0 bridgehead atoms. The highest BCUT2D eigenvalue weighted by molar-refractivity contribution is 14.1. The first kappa shape index (κ1) is 9.87. The number of rotatable bonds is 2. The lowest BCUT2D eigenvalue weighted by Gasteiger charge is -2.14. The number of halogens is 1. The van der Waals surface area contributed by atoms with Crippen LogP contribution >= 0.6 is 22.6 Å². The second-order valence-corrected chi connectivity index (χ2v) is 2.83. The maximum Gasteiger partial charge on any atom is 0.333 e. The molecule has 0 spiro atoms. The first-order chi connectivity index (χ1) is 4.54. The van der Waals surface area contributed by atoms with Crippen LogP contribution in [0, 0.1) is 0 Å². The summed E-state index contributed by atoms with van der Waals surface area (Å²) in [6.07, 6.45) is 0. The third-order valence-corrected chi connectivity index (χ3v) is 1.34. The second-order valence-electron chi connectivity index (χ2n) is 2.28. The molecule has 0 saturated heterocycles. The maximum atomic E-state index is 10.9. The van der Waals surface area contributed by atoms with E-state index in [-0.39, 0.29) is 5.97 Å². The molecule has 0 fully saturated rings. The highest BCUT2D eigenvalue weighted by Crippen LogP contribution is 2.10. The number of carbonyl (C=O) groups is 1. The molecule has 0 heterocycles. The summed E-state index contributed by atoms with van der Waals surface area (Å²) in [6.45, 7) is 3.40. The van der Waals surface area contributed by atoms with Crippen LogP contribution in [0.2, 0.25) is 0 Å². The van der Waals surface area contributed by atoms with Crippen molar-refractivity contribution in [3.05, 3.63) is 0 Å². The number of nitrogens with zero attached hydrogens (tertiary/aromatic N) is 1. The molecule has 0 aromatic carbocycles. The topological polar surface area (TPSA) is 38.7 Å². The van der Waals surface area contributed by atoms with Crippen molar-refractivity contribution >= 4 is 32.8 Å². The van der Waals surface area contributed by atoms with Gasteiger partial charge < -0.3 is 4.74 Å². The van der Waals surface area contributed by atoms with Crippen molar-refractivity contribution in [2.75, 3.05) is 7.11 Å². The lowest BCUT2D eigenvalue weighted by Crippen LogP contribution is -2.30. The summed E-state index contributed by atoms with van der Waals surface area (Å²) in [4.78, 5) is 14.8. The molecule has 4 heteroatoms. The van der Waals surface area contributed by atoms with E-state index < -0.39 is 5.54 Å². The number of esters is 1. The molecule has 0 aromatic rings. The number of aliphatic imine (C=N–C) groups is 1. The third kappa shape index (κ3) is 2.64. The lowest BCUT2D eigenvalue weighted by atomic mass is 10.1. The van der Waals surface area contributed by atoms with Crippen molar-refractivity contribution in [1.29, 1.82) is 0 Å². The van der Waals surface area contributed by atoms with Gasteiger partial charge in [-0.15, -0.1) is 0 Å². The van der Waals surface area contributed by atoms with E-state index >= 15 is 0 Å². The Hall–Kier alpha value is -0.130. The molecule has 10 heavy (non-hydrogen) atoms. The van der Waals surface area contributed by atoms with Gasteiger partial charge in [0.1, 0.15) is 0 Å². The van der Waals surface area contributed by atoms with E-state index in [1.54, 1.807) is 18.1 Å². The van der Waals surface area contributed by atoms with Crippen LogP contribution < -0.4 is 0 Å². The summed E-state index contributed by atoms with van der Waals surface area (Å²) in [6, 6.07) is 0.